The molecule has 0 fully saturated rings. The maximum atomic E-state index is 12.5. The van der Waals surface area contributed by atoms with Gasteiger partial charge in [-0.25, -0.2) is 0 Å². The van der Waals surface area contributed by atoms with Gasteiger partial charge in [0.25, 0.3) is 5.91 Å². The second-order valence-electron chi connectivity index (χ2n) is 6.06. The second-order valence-corrected chi connectivity index (χ2v) is 6.88. The largest absolute Gasteiger partial charge is 0.495 e. The van der Waals surface area contributed by atoms with Crippen molar-refractivity contribution in [3.63, 3.8) is 0 Å². The highest BCUT2D eigenvalue weighted by Gasteiger charge is 2.10. The van der Waals surface area contributed by atoms with E-state index in [1.807, 2.05) is 30.3 Å². The van der Waals surface area contributed by atoms with Gasteiger partial charge in [-0.3, -0.25) is 10.1 Å². The maximum Gasteiger partial charge on any atom is 0.257 e. The van der Waals surface area contributed by atoms with E-state index in [1.165, 1.54) is 7.11 Å². The van der Waals surface area contributed by atoms with Crippen LogP contribution in [0.3, 0.4) is 0 Å². The van der Waals surface area contributed by atoms with Crippen LogP contribution in [0.5, 0.6) is 11.5 Å². The number of benzene rings is 3. The van der Waals surface area contributed by atoms with Crippen molar-refractivity contribution in [3.8, 4) is 11.5 Å². The fourth-order valence-electron chi connectivity index (χ4n) is 2.55. The number of halogens is 1. The lowest BCUT2D eigenvalue weighted by atomic mass is 10.2. The average Bonchev–Trinajstić information content (AvgIpc) is 2.73. The predicted molar refractivity (Wildman–Crippen MR) is 119 cm³/mol. The van der Waals surface area contributed by atoms with Crippen LogP contribution in [0, 0.1) is 0 Å². The van der Waals surface area contributed by atoms with Crippen molar-refractivity contribution in [1.82, 2.24) is 5.32 Å². The zero-order valence-electron chi connectivity index (χ0n) is 15.6. The molecule has 148 valence electrons. The fourth-order valence-corrected chi connectivity index (χ4v) is 3.02. The normalized spacial score (nSPS) is 10.1. The molecule has 5 nitrogen and oxygen atoms in total. The number of nitrogens with one attached hydrogen (secondary N) is 2. The molecule has 3 aromatic carbocycles. The molecule has 0 radical (unpaired) electrons. The van der Waals surface area contributed by atoms with E-state index in [2.05, 4.69) is 10.6 Å². The fraction of sp³-hybridized carbons (Fsp3) is 0.0909. The predicted octanol–water partition coefficient (Wildman–Crippen LogP) is 5.05. The Kier molecular flexibility index (Phi) is 7.05. The van der Waals surface area contributed by atoms with Crippen LogP contribution in [0.4, 0.5) is 5.69 Å². The summed E-state index contributed by atoms with van der Waals surface area (Å²) in [6.07, 6.45) is 0. The molecule has 1 amide bonds. The molecule has 2 N–H and O–H groups in total. The summed E-state index contributed by atoms with van der Waals surface area (Å²) < 4.78 is 10.9. The van der Waals surface area contributed by atoms with Crippen LogP contribution in [0.25, 0.3) is 0 Å². The van der Waals surface area contributed by atoms with Crippen molar-refractivity contribution >= 4 is 40.5 Å². The van der Waals surface area contributed by atoms with Crippen molar-refractivity contribution in [2.45, 2.75) is 6.61 Å². The van der Waals surface area contributed by atoms with Gasteiger partial charge in [0.2, 0.25) is 0 Å². The summed E-state index contributed by atoms with van der Waals surface area (Å²) >= 11 is 11.3. The van der Waals surface area contributed by atoms with Gasteiger partial charge >= 0.3 is 0 Å². The summed E-state index contributed by atoms with van der Waals surface area (Å²) in [4.78, 5) is 12.5. The molecule has 0 saturated heterocycles. The number of amides is 1. The molecule has 7 heteroatoms. The van der Waals surface area contributed by atoms with Crippen molar-refractivity contribution < 1.29 is 14.3 Å². The van der Waals surface area contributed by atoms with Crippen LogP contribution in [0.2, 0.25) is 5.02 Å². The van der Waals surface area contributed by atoms with E-state index in [1.54, 1.807) is 42.5 Å². The van der Waals surface area contributed by atoms with E-state index in [9.17, 15) is 4.79 Å². The first-order valence-corrected chi connectivity index (χ1v) is 9.56. The van der Waals surface area contributed by atoms with Gasteiger partial charge in [-0.05, 0) is 54.2 Å². The van der Waals surface area contributed by atoms with Crippen LogP contribution in [0.15, 0.2) is 72.8 Å². The van der Waals surface area contributed by atoms with Gasteiger partial charge in [0.1, 0.15) is 18.1 Å². The van der Waals surface area contributed by atoms with Gasteiger partial charge in [-0.2, -0.15) is 0 Å². The number of thiocarbonyl (C=S) groups is 1. The van der Waals surface area contributed by atoms with Crippen molar-refractivity contribution in [3.05, 3.63) is 88.9 Å². The molecule has 0 aliphatic carbocycles. The van der Waals surface area contributed by atoms with Gasteiger partial charge in [-0.15, -0.1) is 0 Å². The minimum atomic E-state index is -0.340. The third kappa shape index (κ3) is 5.94. The van der Waals surface area contributed by atoms with Gasteiger partial charge in [0.05, 0.1) is 12.1 Å². The van der Waals surface area contributed by atoms with E-state index in [-0.39, 0.29) is 11.0 Å². The number of hydrogen-bond donors (Lipinski definition) is 2. The summed E-state index contributed by atoms with van der Waals surface area (Å²) in [5.41, 5.74) is 2.12. The van der Waals surface area contributed by atoms with Crippen LogP contribution < -0.4 is 20.1 Å². The maximum absolute atomic E-state index is 12.5. The Labute approximate surface area is 179 Å². The van der Waals surface area contributed by atoms with E-state index >= 15 is 0 Å². The number of carbonyl (C=O) groups is 1. The Morgan fingerprint density at radius 3 is 2.55 bits per heavy atom. The highest BCUT2D eigenvalue weighted by molar-refractivity contribution is 7.80. The van der Waals surface area contributed by atoms with E-state index in [4.69, 9.17) is 33.3 Å². The Morgan fingerprint density at radius 2 is 1.83 bits per heavy atom. The molecular weight excluding hydrogens is 408 g/mol. The molecule has 0 aliphatic heterocycles. The molecule has 0 aromatic heterocycles. The summed E-state index contributed by atoms with van der Waals surface area (Å²) in [7, 11) is 1.54. The SMILES string of the molecule is COc1ccc(NC(=S)NC(=O)c2cccc(OCc3ccccc3)c2)cc1Cl. The molecule has 0 unspecified atom stereocenters. The van der Waals surface area contributed by atoms with Gasteiger partial charge in [0, 0.05) is 11.3 Å². The molecule has 0 spiro atoms. The third-order valence-corrected chi connectivity index (χ3v) is 4.48. The van der Waals surface area contributed by atoms with E-state index in [0.717, 1.165) is 5.56 Å². The van der Waals surface area contributed by atoms with E-state index in [0.29, 0.717) is 34.4 Å². The number of rotatable bonds is 6. The molecule has 29 heavy (non-hydrogen) atoms. The minimum absolute atomic E-state index is 0.159. The molecule has 0 heterocycles. The molecule has 0 aliphatic rings. The number of anilines is 1. The Balaban J connectivity index is 1.58. The zero-order chi connectivity index (χ0) is 20.6. The number of methoxy groups -OCH3 is 1. The number of hydrogen-bond acceptors (Lipinski definition) is 4. The molecule has 3 rings (SSSR count). The minimum Gasteiger partial charge on any atom is -0.495 e. The lowest BCUT2D eigenvalue weighted by molar-refractivity contribution is 0.0977. The molecule has 0 bridgehead atoms. The van der Waals surface area contributed by atoms with Crippen molar-refractivity contribution in [2.24, 2.45) is 0 Å². The monoisotopic (exact) mass is 426 g/mol. The first kappa shape index (κ1) is 20.6. The number of ether oxygens (including phenoxy) is 2. The highest BCUT2D eigenvalue weighted by atomic mass is 35.5. The van der Waals surface area contributed by atoms with Crippen LogP contribution >= 0.6 is 23.8 Å². The third-order valence-electron chi connectivity index (χ3n) is 3.98. The smallest absolute Gasteiger partial charge is 0.257 e. The Bertz CT molecular complexity index is 1010. The lowest BCUT2D eigenvalue weighted by Gasteiger charge is -2.12. The Hall–Kier alpha value is -3.09. The summed E-state index contributed by atoms with van der Waals surface area (Å²) in [6, 6.07) is 21.9. The summed E-state index contributed by atoms with van der Waals surface area (Å²) in [5.74, 6) is 0.814. The summed E-state index contributed by atoms with van der Waals surface area (Å²) in [6.45, 7) is 0.421. The van der Waals surface area contributed by atoms with Gasteiger partial charge in [0.15, 0.2) is 5.11 Å². The topological polar surface area (TPSA) is 59.6 Å². The highest BCUT2D eigenvalue weighted by Crippen LogP contribution is 2.27. The second kappa shape index (κ2) is 9.91. The molecule has 0 saturated carbocycles. The van der Waals surface area contributed by atoms with Gasteiger partial charge in [-0.1, -0.05) is 48.0 Å². The average molecular weight is 427 g/mol. The van der Waals surface area contributed by atoms with Crippen molar-refractivity contribution in [2.75, 3.05) is 12.4 Å². The molecule has 0 atom stereocenters. The van der Waals surface area contributed by atoms with Crippen LogP contribution in [-0.2, 0) is 6.61 Å². The van der Waals surface area contributed by atoms with Gasteiger partial charge < -0.3 is 14.8 Å². The standard InChI is InChI=1S/C22H19ClN2O3S/c1-27-20-11-10-17(13-19(20)23)24-22(29)25-21(26)16-8-5-9-18(12-16)28-14-15-6-3-2-4-7-15/h2-13H,14H2,1H3,(H2,24,25,26,29). The van der Waals surface area contributed by atoms with Crippen LogP contribution in [-0.4, -0.2) is 18.1 Å². The van der Waals surface area contributed by atoms with Crippen molar-refractivity contribution in [1.29, 1.82) is 0 Å². The lowest BCUT2D eigenvalue weighted by Crippen LogP contribution is -2.34. The first-order valence-electron chi connectivity index (χ1n) is 8.78. The molecular formula is C22H19ClN2O3S. The zero-order valence-corrected chi connectivity index (χ0v) is 17.2. The van der Waals surface area contributed by atoms with E-state index < -0.39 is 0 Å². The quantitative estimate of drug-likeness (QED) is 0.540. The van der Waals surface area contributed by atoms with Crippen LogP contribution in [0.1, 0.15) is 15.9 Å². The molecule has 3 aromatic rings. The summed E-state index contributed by atoms with van der Waals surface area (Å²) in [5, 5.41) is 6.17. The number of carbonyl (C=O) groups excluding carboxylic acids is 1. The first-order chi connectivity index (χ1) is 14.0. The Morgan fingerprint density at radius 1 is 1.03 bits per heavy atom.